The number of nitrogens with zero attached hydrogens (tertiary/aromatic N) is 1. The van der Waals surface area contributed by atoms with E-state index in [9.17, 15) is 32.3 Å². The number of imide groups is 1. The molecule has 5 rings (SSSR count). The molecule has 0 saturated carbocycles. The van der Waals surface area contributed by atoms with Gasteiger partial charge in [-0.1, -0.05) is 0 Å². The zero-order chi connectivity index (χ0) is 25.1. The third kappa shape index (κ3) is 3.92. The highest BCUT2D eigenvalue weighted by atomic mass is 19.4. The fraction of sp³-hybridized carbons (Fsp3) is 0.250. The van der Waals surface area contributed by atoms with Crippen molar-refractivity contribution in [2.45, 2.75) is 38.5 Å². The molecule has 1 aromatic heterocycles. The lowest BCUT2D eigenvalue weighted by Gasteiger charge is -2.29. The van der Waals surface area contributed by atoms with Gasteiger partial charge in [0.25, 0.3) is 11.8 Å². The summed E-state index contributed by atoms with van der Waals surface area (Å²) in [5.41, 5.74) is 1.50. The first-order chi connectivity index (χ1) is 16.5. The molecule has 0 radical (unpaired) electrons. The molecule has 180 valence electrons. The molecule has 2 aliphatic rings. The number of rotatable bonds is 3. The predicted octanol–water partition coefficient (Wildman–Crippen LogP) is 3.51. The molecule has 3 aromatic rings. The number of nitrogens with one attached hydrogen (secondary N) is 3. The minimum atomic E-state index is -4.50. The molecule has 11 heteroatoms. The van der Waals surface area contributed by atoms with Crippen molar-refractivity contribution >= 4 is 40.2 Å². The Bertz CT molecular complexity index is 1430. The monoisotopic (exact) mass is 484 g/mol. The van der Waals surface area contributed by atoms with Gasteiger partial charge in [-0.25, -0.2) is 0 Å². The van der Waals surface area contributed by atoms with Crippen LogP contribution in [0.25, 0.3) is 10.9 Å². The second-order valence-corrected chi connectivity index (χ2v) is 8.61. The van der Waals surface area contributed by atoms with E-state index in [1.165, 1.54) is 11.0 Å². The van der Waals surface area contributed by atoms with Gasteiger partial charge in [0.2, 0.25) is 11.8 Å². The average molecular weight is 484 g/mol. The standard InChI is InChI=1S/C24H19F3N4O4/c1-11-16-9-13(24(25,26)27)2-5-17(16)29-20(11)22(34)28-14-3-4-15-12(8-14)10-31(23(15)35)18-6-7-19(32)30-21(18)33/h2-5,8-9,18,29H,6-7,10H2,1H3,(H,28,34)(H,30,32,33). The summed E-state index contributed by atoms with van der Waals surface area (Å²) in [4.78, 5) is 53.6. The molecule has 8 nitrogen and oxygen atoms in total. The fourth-order valence-corrected chi connectivity index (χ4v) is 4.58. The number of piperidine rings is 1. The maximum atomic E-state index is 13.1. The molecule has 1 unspecified atom stereocenters. The van der Waals surface area contributed by atoms with Crippen molar-refractivity contribution in [2.75, 3.05) is 5.32 Å². The summed E-state index contributed by atoms with van der Waals surface area (Å²) in [6, 6.07) is 7.20. The number of hydrogen-bond acceptors (Lipinski definition) is 4. The van der Waals surface area contributed by atoms with Gasteiger partial charge in [0.1, 0.15) is 11.7 Å². The first-order valence-corrected chi connectivity index (χ1v) is 10.8. The van der Waals surface area contributed by atoms with Gasteiger partial charge in [0.15, 0.2) is 0 Å². The van der Waals surface area contributed by atoms with Crippen LogP contribution in [-0.2, 0) is 22.3 Å². The van der Waals surface area contributed by atoms with Crippen molar-refractivity contribution in [3.05, 3.63) is 64.3 Å². The van der Waals surface area contributed by atoms with Crippen LogP contribution in [0.2, 0.25) is 0 Å². The van der Waals surface area contributed by atoms with Crippen LogP contribution >= 0.6 is 0 Å². The Hall–Kier alpha value is -4.15. The second kappa shape index (κ2) is 7.97. The third-order valence-corrected chi connectivity index (χ3v) is 6.39. The lowest BCUT2D eigenvalue weighted by Crippen LogP contribution is -2.52. The largest absolute Gasteiger partial charge is 0.416 e. The Kier molecular flexibility index (Phi) is 5.15. The van der Waals surface area contributed by atoms with Crippen molar-refractivity contribution in [1.29, 1.82) is 0 Å². The molecule has 3 N–H and O–H groups in total. The first-order valence-electron chi connectivity index (χ1n) is 10.8. The molecular weight excluding hydrogens is 465 g/mol. The summed E-state index contributed by atoms with van der Waals surface area (Å²) >= 11 is 0. The molecule has 35 heavy (non-hydrogen) atoms. The molecule has 0 spiro atoms. The van der Waals surface area contributed by atoms with E-state index in [1.807, 2.05) is 0 Å². The van der Waals surface area contributed by atoms with Gasteiger partial charge >= 0.3 is 6.18 Å². The lowest BCUT2D eigenvalue weighted by atomic mass is 10.0. The maximum Gasteiger partial charge on any atom is 0.416 e. The highest BCUT2D eigenvalue weighted by molar-refractivity contribution is 6.09. The topological polar surface area (TPSA) is 111 Å². The van der Waals surface area contributed by atoms with Crippen LogP contribution in [0.15, 0.2) is 36.4 Å². The van der Waals surface area contributed by atoms with Crippen LogP contribution in [0.3, 0.4) is 0 Å². The Labute approximate surface area is 196 Å². The number of hydrogen-bond donors (Lipinski definition) is 3. The number of halogens is 3. The number of alkyl halides is 3. The number of carbonyl (C=O) groups excluding carboxylic acids is 4. The number of fused-ring (bicyclic) bond motifs is 2. The molecular formula is C24H19F3N4O4. The van der Waals surface area contributed by atoms with Crippen LogP contribution in [0, 0.1) is 6.92 Å². The Morgan fingerprint density at radius 2 is 1.89 bits per heavy atom. The molecule has 4 amide bonds. The summed E-state index contributed by atoms with van der Waals surface area (Å²) in [5, 5.41) is 5.25. The SMILES string of the molecule is Cc1c(C(=O)Nc2ccc3c(c2)CN(C2CCC(=O)NC2=O)C3=O)[nH]c2ccc(C(F)(F)F)cc12. The number of amides is 4. The zero-order valence-electron chi connectivity index (χ0n) is 18.4. The number of aromatic amines is 1. The number of aromatic nitrogens is 1. The van der Waals surface area contributed by atoms with E-state index in [1.54, 1.807) is 25.1 Å². The van der Waals surface area contributed by atoms with E-state index in [2.05, 4.69) is 15.6 Å². The normalized spacial score (nSPS) is 18.1. The highest BCUT2D eigenvalue weighted by Gasteiger charge is 2.39. The van der Waals surface area contributed by atoms with Gasteiger partial charge in [-0.2, -0.15) is 13.2 Å². The highest BCUT2D eigenvalue weighted by Crippen LogP contribution is 2.34. The van der Waals surface area contributed by atoms with E-state index in [0.29, 0.717) is 33.3 Å². The number of carbonyl (C=O) groups is 4. The molecule has 2 aliphatic heterocycles. The molecule has 3 heterocycles. The summed E-state index contributed by atoms with van der Waals surface area (Å²) < 4.78 is 39.2. The fourth-order valence-electron chi connectivity index (χ4n) is 4.58. The number of H-pyrrole nitrogens is 1. The summed E-state index contributed by atoms with van der Waals surface area (Å²) in [6.07, 6.45) is -4.11. The van der Waals surface area contributed by atoms with Crippen molar-refractivity contribution in [3.63, 3.8) is 0 Å². The quantitative estimate of drug-likeness (QED) is 0.494. The molecule has 1 saturated heterocycles. The molecule has 1 atom stereocenters. The molecule has 2 aromatic carbocycles. The maximum absolute atomic E-state index is 13.1. The first kappa shape index (κ1) is 22.6. The van der Waals surface area contributed by atoms with E-state index >= 15 is 0 Å². The van der Waals surface area contributed by atoms with Gasteiger partial charge in [-0.15, -0.1) is 0 Å². The molecule has 1 fully saturated rings. The molecule has 0 aliphatic carbocycles. The number of anilines is 1. The average Bonchev–Trinajstić information content (AvgIpc) is 3.29. The van der Waals surface area contributed by atoms with Gasteiger partial charge in [-0.05, 0) is 60.9 Å². The third-order valence-electron chi connectivity index (χ3n) is 6.39. The van der Waals surface area contributed by atoms with Gasteiger partial charge < -0.3 is 15.2 Å². The van der Waals surface area contributed by atoms with Gasteiger partial charge in [0, 0.05) is 35.1 Å². The number of aryl methyl sites for hydroxylation is 1. The van der Waals surface area contributed by atoms with Crippen LogP contribution in [0.5, 0.6) is 0 Å². The van der Waals surface area contributed by atoms with E-state index in [4.69, 9.17) is 0 Å². The van der Waals surface area contributed by atoms with E-state index in [0.717, 1.165) is 12.1 Å². The Morgan fingerprint density at radius 3 is 2.60 bits per heavy atom. The zero-order valence-corrected chi connectivity index (χ0v) is 18.4. The van der Waals surface area contributed by atoms with Crippen LogP contribution in [0.1, 0.15) is 50.4 Å². The second-order valence-electron chi connectivity index (χ2n) is 8.61. The van der Waals surface area contributed by atoms with Crippen LogP contribution in [-0.4, -0.2) is 39.6 Å². The summed E-state index contributed by atoms with van der Waals surface area (Å²) in [6.45, 7) is 1.71. The van der Waals surface area contributed by atoms with Crippen LogP contribution < -0.4 is 10.6 Å². The van der Waals surface area contributed by atoms with Gasteiger partial charge in [-0.3, -0.25) is 24.5 Å². The van der Waals surface area contributed by atoms with Crippen molar-refractivity contribution < 1.29 is 32.3 Å². The minimum absolute atomic E-state index is 0.126. The number of benzene rings is 2. The Morgan fingerprint density at radius 1 is 1.11 bits per heavy atom. The van der Waals surface area contributed by atoms with Crippen molar-refractivity contribution in [1.82, 2.24) is 15.2 Å². The summed E-state index contributed by atoms with van der Waals surface area (Å²) in [5.74, 6) is -1.76. The predicted molar refractivity (Wildman–Crippen MR) is 118 cm³/mol. The summed E-state index contributed by atoms with van der Waals surface area (Å²) in [7, 11) is 0. The van der Waals surface area contributed by atoms with Gasteiger partial charge in [0.05, 0.1) is 5.56 Å². The van der Waals surface area contributed by atoms with Crippen molar-refractivity contribution in [3.8, 4) is 0 Å². The van der Waals surface area contributed by atoms with E-state index < -0.39 is 29.6 Å². The molecule has 0 bridgehead atoms. The lowest BCUT2D eigenvalue weighted by molar-refractivity contribution is -0.138. The van der Waals surface area contributed by atoms with Crippen molar-refractivity contribution in [2.24, 2.45) is 0 Å². The smallest absolute Gasteiger partial charge is 0.350 e. The minimum Gasteiger partial charge on any atom is -0.350 e. The van der Waals surface area contributed by atoms with E-state index in [-0.39, 0.29) is 36.9 Å². The van der Waals surface area contributed by atoms with Crippen LogP contribution in [0.4, 0.5) is 18.9 Å². The Balaban J connectivity index is 1.36.